The number of ether oxygens (including phenoxy) is 2. The lowest BCUT2D eigenvalue weighted by Gasteiger charge is -2.11. The fourth-order valence-corrected chi connectivity index (χ4v) is 1.70. The van der Waals surface area contributed by atoms with Gasteiger partial charge in [0, 0.05) is 5.56 Å². The minimum absolute atomic E-state index is 0. The third-order valence-electron chi connectivity index (χ3n) is 2.56. The molecule has 4 nitrogen and oxygen atoms in total. The quantitative estimate of drug-likeness (QED) is 0.839. The molecular weight excluding hydrogens is 242 g/mol. The molecule has 0 amide bonds. The van der Waals surface area contributed by atoms with Crippen molar-refractivity contribution >= 4 is 18.2 Å². The fourth-order valence-electron chi connectivity index (χ4n) is 1.70. The number of fused-ring (bicyclic) bond motifs is 1. The van der Waals surface area contributed by atoms with Crippen LogP contribution in [0.2, 0.25) is 0 Å². The van der Waals surface area contributed by atoms with E-state index in [1.165, 1.54) is 0 Å². The van der Waals surface area contributed by atoms with Crippen LogP contribution in [-0.2, 0) is 0 Å². The molecule has 2 rings (SSSR count). The summed E-state index contributed by atoms with van der Waals surface area (Å²) in [7, 11) is 0. The Bertz CT molecular complexity index is 409. The average Bonchev–Trinajstić information content (AvgIpc) is 2.75. The smallest absolute Gasteiger partial charge is 0.231 e. The molecule has 0 saturated carbocycles. The number of Topliss-reactive ketones (excluding diaryl/α,β-unsaturated/α-hetero) is 1. The van der Waals surface area contributed by atoms with E-state index in [-0.39, 0.29) is 31.0 Å². The van der Waals surface area contributed by atoms with Crippen molar-refractivity contribution in [2.24, 2.45) is 0 Å². The molecule has 0 bridgehead atoms. The summed E-state index contributed by atoms with van der Waals surface area (Å²) in [6.45, 7) is 4.84. The van der Waals surface area contributed by atoms with E-state index in [2.05, 4.69) is 5.32 Å². The van der Waals surface area contributed by atoms with E-state index in [9.17, 15) is 4.79 Å². The lowest BCUT2D eigenvalue weighted by Crippen LogP contribution is -2.33. The minimum Gasteiger partial charge on any atom is -0.454 e. The van der Waals surface area contributed by atoms with Gasteiger partial charge in [-0.15, -0.1) is 12.4 Å². The molecule has 1 atom stereocenters. The van der Waals surface area contributed by atoms with Crippen LogP contribution in [0.4, 0.5) is 0 Å². The Morgan fingerprint density at radius 2 is 2.12 bits per heavy atom. The summed E-state index contributed by atoms with van der Waals surface area (Å²) in [6, 6.07) is 5.10. The van der Waals surface area contributed by atoms with Crippen LogP contribution in [0.15, 0.2) is 18.2 Å². The molecule has 1 heterocycles. The van der Waals surface area contributed by atoms with Gasteiger partial charge in [-0.2, -0.15) is 0 Å². The number of nitrogens with one attached hydrogen (secondary N) is 1. The number of likely N-dealkylation sites (N-methyl/N-ethyl adjacent to an activating group) is 1. The summed E-state index contributed by atoms with van der Waals surface area (Å²) >= 11 is 0. The third-order valence-corrected chi connectivity index (χ3v) is 2.56. The Hall–Kier alpha value is -1.26. The van der Waals surface area contributed by atoms with Crippen molar-refractivity contribution in [3.8, 4) is 11.5 Å². The average molecular weight is 258 g/mol. The van der Waals surface area contributed by atoms with Crippen molar-refractivity contribution in [2.45, 2.75) is 19.9 Å². The van der Waals surface area contributed by atoms with Gasteiger partial charge in [-0.3, -0.25) is 4.79 Å². The molecule has 5 heteroatoms. The number of rotatable bonds is 4. The van der Waals surface area contributed by atoms with Gasteiger partial charge in [-0.1, -0.05) is 6.92 Å². The maximum atomic E-state index is 12.0. The van der Waals surface area contributed by atoms with Crippen molar-refractivity contribution in [3.05, 3.63) is 23.8 Å². The number of carbonyl (C=O) groups is 1. The Morgan fingerprint density at radius 3 is 2.82 bits per heavy atom. The molecule has 0 aromatic heterocycles. The van der Waals surface area contributed by atoms with Crippen molar-refractivity contribution in [2.75, 3.05) is 13.3 Å². The summed E-state index contributed by atoms with van der Waals surface area (Å²) in [5, 5.41) is 3.09. The number of hydrogen-bond donors (Lipinski definition) is 1. The van der Waals surface area contributed by atoms with Gasteiger partial charge in [0.1, 0.15) is 0 Å². The van der Waals surface area contributed by atoms with E-state index in [4.69, 9.17) is 9.47 Å². The van der Waals surface area contributed by atoms with Crippen LogP contribution < -0.4 is 14.8 Å². The van der Waals surface area contributed by atoms with Gasteiger partial charge in [-0.25, -0.2) is 0 Å². The zero-order chi connectivity index (χ0) is 11.5. The molecule has 94 valence electrons. The fraction of sp³-hybridized carbons (Fsp3) is 0.417. The second-order valence-electron chi connectivity index (χ2n) is 3.71. The maximum Gasteiger partial charge on any atom is 0.231 e. The van der Waals surface area contributed by atoms with Crippen LogP contribution in [0.3, 0.4) is 0 Å². The van der Waals surface area contributed by atoms with Crippen LogP contribution in [0, 0.1) is 0 Å². The van der Waals surface area contributed by atoms with Crippen molar-refractivity contribution in [1.29, 1.82) is 0 Å². The Balaban J connectivity index is 0.00000144. The van der Waals surface area contributed by atoms with Crippen LogP contribution in [-0.4, -0.2) is 25.2 Å². The zero-order valence-electron chi connectivity index (χ0n) is 9.86. The van der Waals surface area contributed by atoms with E-state index in [0.29, 0.717) is 17.1 Å². The van der Waals surface area contributed by atoms with Crippen LogP contribution >= 0.6 is 12.4 Å². The maximum absolute atomic E-state index is 12.0. The largest absolute Gasteiger partial charge is 0.454 e. The minimum atomic E-state index is -0.176. The molecule has 0 unspecified atom stereocenters. The van der Waals surface area contributed by atoms with Crippen LogP contribution in [0.5, 0.6) is 11.5 Å². The van der Waals surface area contributed by atoms with Crippen molar-refractivity contribution in [1.82, 2.24) is 5.32 Å². The first-order valence-electron chi connectivity index (χ1n) is 5.39. The summed E-state index contributed by atoms with van der Waals surface area (Å²) in [4.78, 5) is 12.0. The van der Waals surface area contributed by atoms with Crippen LogP contribution in [0.25, 0.3) is 0 Å². The molecule has 0 radical (unpaired) electrons. The van der Waals surface area contributed by atoms with Crippen LogP contribution in [0.1, 0.15) is 24.2 Å². The lowest BCUT2D eigenvalue weighted by molar-refractivity contribution is 0.0951. The van der Waals surface area contributed by atoms with Gasteiger partial charge < -0.3 is 14.8 Å². The van der Waals surface area contributed by atoms with Gasteiger partial charge >= 0.3 is 0 Å². The molecular formula is C12H16ClNO3. The number of carbonyl (C=O) groups excluding carboxylic acids is 1. The lowest BCUT2D eigenvalue weighted by atomic mass is 10.0. The highest BCUT2D eigenvalue weighted by Crippen LogP contribution is 2.32. The molecule has 1 aromatic rings. The van der Waals surface area contributed by atoms with E-state index in [1.807, 2.05) is 13.8 Å². The Labute approximate surface area is 107 Å². The molecule has 0 saturated heterocycles. The number of ketones is 1. The second kappa shape index (κ2) is 5.89. The van der Waals surface area contributed by atoms with E-state index in [1.54, 1.807) is 18.2 Å². The summed E-state index contributed by atoms with van der Waals surface area (Å²) in [5.74, 6) is 1.42. The summed E-state index contributed by atoms with van der Waals surface area (Å²) < 4.78 is 10.4. The molecule has 0 spiro atoms. The second-order valence-corrected chi connectivity index (χ2v) is 3.71. The van der Waals surface area contributed by atoms with Crippen molar-refractivity contribution < 1.29 is 14.3 Å². The standard InChI is InChI=1S/C12H15NO3.ClH/c1-3-13-8(2)12(14)9-4-5-10-11(6-9)16-7-15-10;/h4-6,8,13H,3,7H2,1-2H3;1H/t8-;/m0./s1. The molecule has 17 heavy (non-hydrogen) atoms. The van der Waals surface area contributed by atoms with E-state index < -0.39 is 0 Å². The molecule has 0 fully saturated rings. The predicted octanol–water partition coefficient (Wildman–Crippen LogP) is 2.02. The highest BCUT2D eigenvalue weighted by Gasteiger charge is 2.19. The van der Waals surface area contributed by atoms with Crippen molar-refractivity contribution in [3.63, 3.8) is 0 Å². The zero-order valence-corrected chi connectivity index (χ0v) is 10.7. The molecule has 1 N–H and O–H groups in total. The normalized spacial score (nSPS) is 14.0. The number of hydrogen-bond acceptors (Lipinski definition) is 4. The summed E-state index contributed by atoms with van der Waals surface area (Å²) in [5.41, 5.74) is 0.651. The molecule has 1 aliphatic heterocycles. The first kappa shape index (κ1) is 13.8. The van der Waals surface area contributed by atoms with Gasteiger partial charge in [0.25, 0.3) is 0 Å². The van der Waals surface area contributed by atoms with Gasteiger partial charge in [0.2, 0.25) is 6.79 Å². The van der Waals surface area contributed by atoms with Gasteiger partial charge in [-0.05, 0) is 31.7 Å². The number of halogens is 1. The molecule has 1 aliphatic rings. The predicted molar refractivity (Wildman–Crippen MR) is 67.3 cm³/mol. The summed E-state index contributed by atoms with van der Waals surface area (Å²) in [6.07, 6.45) is 0. The highest BCUT2D eigenvalue weighted by molar-refractivity contribution is 6.00. The molecule has 0 aliphatic carbocycles. The highest BCUT2D eigenvalue weighted by atomic mass is 35.5. The van der Waals surface area contributed by atoms with E-state index >= 15 is 0 Å². The molecule has 1 aromatic carbocycles. The SMILES string of the molecule is CCN[C@@H](C)C(=O)c1ccc2c(c1)OCO2.Cl. The monoisotopic (exact) mass is 257 g/mol. The Kier molecular flexibility index (Phi) is 4.78. The number of benzene rings is 1. The van der Waals surface area contributed by atoms with Gasteiger partial charge in [0.05, 0.1) is 6.04 Å². The third kappa shape index (κ3) is 2.90. The first-order valence-corrected chi connectivity index (χ1v) is 5.39. The topological polar surface area (TPSA) is 47.6 Å². The van der Waals surface area contributed by atoms with E-state index in [0.717, 1.165) is 6.54 Å². The first-order chi connectivity index (χ1) is 7.72. The Morgan fingerprint density at radius 1 is 1.41 bits per heavy atom. The van der Waals surface area contributed by atoms with Gasteiger partial charge in [0.15, 0.2) is 17.3 Å².